The number of halogens is 1. The SMILES string of the molecule is O=C(C1CCS(=O)(=O)CC1)N1CCC(Cc2ccccc2F)CC1. The van der Waals surface area contributed by atoms with E-state index >= 15 is 0 Å². The Hall–Kier alpha value is -1.43. The number of piperidine rings is 1. The summed E-state index contributed by atoms with van der Waals surface area (Å²) >= 11 is 0. The van der Waals surface area contributed by atoms with Crippen molar-refractivity contribution in [3.05, 3.63) is 35.6 Å². The number of carbonyl (C=O) groups excluding carboxylic acids is 1. The Morgan fingerprint density at radius 3 is 2.33 bits per heavy atom. The van der Waals surface area contributed by atoms with Gasteiger partial charge in [-0.25, -0.2) is 12.8 Å². The molecule has 0 bridgehead atoms. The Labute approximate surface area is 143 Å². The van der Waals surface area contributed by atoms with Gasteiger partial charge in [-0.05, 0) is 49.7 Å². The third kappa shape index (κ3) is 4.15. The Morgan fingerprint density at radius 2 is 1.71 bits per heavy atom. The van der Waals surface area contributed by atoms with Crippen molar-refractivity contribution in [1.29, 1.82) is 0 Å². The summed E-state index contributed by atoms with van der Waals surface area (Å²) in [6, 6.07) is 6.87. The Morgan fingerprint density at radius 1 is 1.08 bits per heavy atom. The summed E-state index contributed by atoms with van der Waals surface area (Å²) in [5.41, 5.74) is 0.750. The normalized spacial score (nSPS) is 22.5. The van der Waals surface area contributed by atoms with Crippen LogP contribution in [0.1, 0.15) is 31.2 Å². The van der Waals surface area contributed by atoms with Crippen molar-refractivity contribution in [1.82, 2.24) is 4.90 Å². The molecule has 1 aromatic carbocycles. The highest BCUT2D eigenvalue weighted by molar-refractivity contribution is 7.91. The van der Waals surface area contributed by atoms with Crippen LogP contribution in [0.15, 0.2) is 24.3 Å². The molecule has 0 radical (unpaired) electrons. The van der Waals surface area contributed by atoms with E-state index in [2.05, 4.69) is 0 Å². The number of hydrogen-bond donors (Lipinski definition) is 0. The summed E-state index contributed by atoms with van der Waals surface area (Å²) in [6.07, 6.45) is 3.39. The Balaban J connectivity index is 1.50. The molecule has 0 saturated carbocycles. The standard InChI is InChI=1S/C18H24FNO3S/c19-17-4-2-1-3-16(17)13-14-5-9-20(10-6-14)18(21)15-7-11-24(22,23)12-8-15/h1-4,14-15H,5-13H2. The average molecular weight is 353 g/mol. The Kier molecular flexibility index (Phi) is 5.23. The van der Waals surface area contributed by atoms with Gasteiger partial charge in [0.05, 0.1) is 11.5 Å². The molecule has 0 aliphatic carbocycles. The second kappa shape index (κ2) is 7.21. The lowest BCUT2D eigenvalue weighted by molar-refractivity contribution is -0.137. The van der Waals surface area contributed by atoms with E-state index in [4.69, 9.17) is 0 Å². The van der Waals surface area contributed by atoms with Crippen molar-refractivity contribution in [2.75, 3.05) is 24.6 Å². The van der Waals surface area contributed by atoms with E-state index < -0.39 is 9.84 Å². The molecule has 3 rings (SSSR count). The van der Waals surface area contributed by atoms with E-state index in [0.29, 0.717) is 31.8 Å². The number of benzene rings is 1. The van der Waals surface area contributed by atoms with Crippen LogP contribution in [0.25, 0.3) is 0 Å². The van der Waals surface area contributed by atoms with Crippen LogP contribution in [0.3, 0.4) is 0 Å². The lowest BCUT2D eigenvalue weighted by Crippen LogP contribution is -2.44. The molecule has 2 aliphatic heterocycles. The van der Waals surface area contributed by atoms with Gasteiger partial charge in [-0.3, -0.25) is 4.79 Å². The predicted octanol–water partition coefficient (Wildman–Crippen LogP) is 2.43. The van der Waals surface area contributed by atoms with Crippen LogP contribution in [-0.4, -0.2) is 43.8 Å². The lowest BCUT2D eigenvalue weighted by atomic mass is 9.89. The summed E-state index contributed by atoms with van der Waals surface area (Å²) in [6.45, 7) is 1.39. The summed E-state index contributed by atoms with van der Waals surface area (Å²) in [4.78, 5) is 14.4. The third-order valence-corrected chi connectivity index (χ3v) is 7.01. The minimum Gasteiger partial charge on any atom is -0.342 e. The first-order valence-electron chi connectivity index (χ1n) is 8.67. The molecule has 132 valence electrons. The number of amides is 1. The fourth-order valence-electron chi connectivity index (χ4n) is 3.73. The summed E-state index contributed by atoms with van der Waals surface area (Å²) < 4.78 is 36.7. The largest absolute Gasteiger partial charge is 0.342 e. The number of rotatable bonds is 3. The molecular weight excluding hydrogens is 329 g/mol. The van der Waals surface area contributed by atoms with Crippen LogP contribution in [0, 0.1) is 17.7 Å². The number of carbonyl (C=O) groups is 1. The minimum absolute atomic E-state index is 0.106. The quantitative estimate of drug-likeness (QED) is 0.839. The van der Waals surface area contributed by atoms with Gasteiger partial charge in [0.25, 0.3) is 0 Å². The third-order valence-electron chi connectivity index (χ3n) is 5.30. The van der Waals surface area contributed by atoms with Gasteiger partial charge in [0.15, 0.2) is 0 Å². The first kappa shape index (κ1) is 17.4. The van der Waals surface area contributed by atoms with Crippen molar-refractivity contribution in [3.8, 4) is 0 Å². The van der Waals surface area contributed by atoms with Crippen molar-refractivity contribution in [3.63, 3.8) is 0 Å². The molecule has 2 heterocycles. The minimum atomic E-state index is -2.93. The molecule has 6 heteroatoms. The fourth-order valence-corrected chi connectivity index (χ4v) is 5.22. The second-order valence-electron chi connectivity index (χ2n) is 6.99. The van der Waals surface area contributed by atoms with Gasteiger partial charge in [0.2, 0.25) is 5.91 Å². The van der Waals surface area contributed by atoms with E-state index in [-0.39, 0.29) is 29.1 Å². The van der Waals surface area contributed by atoms with Gasteiger partial charge in [-0.15, -0.1) is 0 Å². The smallest absolute Gasteiger partial charge is 0.225 e. The maximum Gasteiger partial charge on any atom is 0.225 e. The van der Waals surface area contributed by atoms with Crippen LogP contribution >= 0.6 is 0 Å². The van der Waals surface area contributed by atoms with Gasteiger partial charge in [-0.1, -0.05) is 18.2 Å². The summed E-state index contributed by atoms with van der Waals surface area (Å²) in [5.74, 6) is 0.475. The highest BCUT2D eigenvalue weighted by Gasteiger charge is 2.32. The van der Waals surface area contributed by atoms with Crippen molar-refractivity contribution in [2.45, 2.75) is 32.1 Å². The van der Waals surface area contributed by atoms with E-state index in [1.54, 1.807) is 6.07 Å². The molecule has 0 aromatic heterocycles. The van der Waals surface area contributed by atoms with Crippen LogP contribution in [0.5, 0.6) is 0 Å². The van der Waals surface area contributed by atoms with Gasteiger partial charge < -0.3 is 4.90 Å². The molecule has 1 aromatic rings. The lowest BCUT2D eigenvalue weighted by Gasteiger charge is -2.35. The predicted molar refractivity (Wildman–Crippen MR) is 90.8 cm³/mol. The van der Waals surface area contributed by atoms with E-state index in [1.807, 2.05) is 17.0 Å². The zero-order chi connectivity index (χ0) is 17.2. The fraction of sp³-hybridized carbons (Fsp3) is 0.611. The highest BCUT2D eigenvalue weighted by Crippen LogP contribution is 2.26. The molecule has 0 spiro atoms. The van der Waals surface area contributed by atoms with Gasteiger partial charge in [0.1, 0.15) is 15.7 Å². The van der Waals surface area contributed by atoms with Crippen molar-refractivity contribution in [2.24, 2.45) is 11.8 Å². The zero-order valence-corrected chi connectivity index (χ0v) is 14.6. The number of hydrogen-bond acceptors (Lipinski definition) is 3. The van der Waals surface area contributed by atoms with Crippen LogP contribution in [-0.2, 0) is 21.1 Å². The van der Waals surface area contributed by atoms with Crippen molar-refractivity contribution < 1.29 is 17.6 Å². The van der Waals surface area contributed by atoms with Crippen LogP contribution in [0.2, 0.25) is 0 Å². The first-order valence-corrected chi connectivity index (χ1v) is 10.5. The molecule has 4 nitrogen and oxygen atoms in total. The maximum atomic E-state index is 13.7. The molecule has 24 heavy (non-hydrogen) atoms. The highest BCUT2D eigenvalue weighted by atomic mass is 32.2. The van der Waals surface area contributed by atoms with E-state index in [1.165, 1.54) is 6.07 Å². The molecular formula is C18H24FNO3S. The summed E-state index contributed by atoms with van der Waals surface area (Å²) in [7, 11) is -2.93. The molecule has 0 N–H and O–H groups in total. The van der Waals surface area contributed by atoms with Gasteiger partial charge >= 0.3 is 0 Å². The van der Waals surface area contributed by atoms with Gasteiger partial charge in [0, 0.05) is 19.0 Å². The van der Waals surface area contributed by atoms with E-state index in [0.717, 1.165) is 24.8 Å². The van der Waals surface area contributed by atoms with Crippen molar-refractivity contribution >= 4 is 15.7 Å². The molecule has 1 amide bonds. The Bertz CT molecular complexity index is 682. The first-order chi connectivity index (χ1) is 11.4. The number of likely N-dealkylation sites (tertiary alicyclic amines) is 1. The number of sulfone groups is 1. The topological polar surface area (TPSA) is 54.5 Å². The monoisotopic (exact) mass is 353 g/mol. The maximum absolute atomic E-state index is 13.7. The average Bonchev–Trinajstić information content (AvgIpc) is 2.57. The second-order valence-corrected chi connectivity index (χ2v) is 9.29. The molecule has 0 atom stereocenters. The van der Waals surface area contributed by atoms with Crippen LogP contribution < -0.4 is 0 Å². The molecule has 0 unspecified atom stereocenters. The van der Waals surface area contributed by atoms with E-state index in [9.17, 15) is 17.6 Å². The molecule has 2 fully saturated rings. The zero-order valence-electron chi connectivity index (χ0n) is 13.8. The summed E-state index contributed by atoms with van der Waals surface area (Å²) in [5, 5.41) is 0. The van der Waals surface area contributed by atoms with Gasteiger partial charge in [-0.2, -0.15) is 0 Å². The molecule has 2 saturated heterocycles. The molecule has 2 aliphatic rings. The number of nitrogens with zero attached hydrogens (tertiary/aromatic N) is 1. The van der Waals surface area contributed by atoms with Crippen LogP contribution in [0.4, 0.5) is 4.39 Å².